The SMILES string of the molecule is CC=Cc1ccc(OC(C)CNC(CC)CC)c(OC)c1. The van der Waals surface area contributed by atoms with Crippen molar-refractivity contribution in [2.75, 3.05) is 13.7 Å². The number of methoxy groups -OCH3 is 1. The molecule has 0 fully saturated rings. The molecule has 1 rings (SSSR count). The van der Waals surface area contributed by atoms with Crippen molar-refractivity contribution in [2.45, 2.75) is 52.7 Å². The Kier molecular flexibility index (Phi) is 7.91. The molecule has 0 aromatic heterocycles. The van der Waals surface area contributed by atoms with E-state index in [1.54, 1.807) is 7.11 Å². The zero-order valence-electron chi connectivity index (χ0n) is 14.0. The average Bonchev–Trinajstić information content (AvgIpc) is 2.50. The lowest BCUT2D eigenvalue weighted by Crippen LogP contribution is -2.36. The first-order valence-electron chi connectivity index (χ1n) is 7.85. The number of hydrogen-bond acceptors (Lipinski definition) is 3. The minimum atomic E-state index is 0.104. The second-order valence-corrected chi connectivity index (χ2v) is 5.26. The van der Waals surface area contributed by atoms with Gasteiger partial charge in [-0.2, -0.15) is 0 Å². The van der Waals surface area contributed by atoms with Crippen LogP contribution in [0.15, 0.2) is 24.3 Å². The summed E-state index contributed by atoms with van der Waals surface area (Å²) in [6.07, 6.45) is 6.45. The maximum absolute atomic E-state index is 6.00. The molecule has 1 aromatic rings. The molecule has 1 N–H and O–H groups in total. The van der Waals surface area contributed by atoms with Crippen molar-refractivity contribution in [2.24, 2.45) is 0 Å². The Morgan fingerprint density at radius 3 is 2.48 bits per heavy atom. The van der Waals surface area contributed by atoms with Gasteiger partial charge in [-0.3, -0.25) is 0 Å². The molecule has 0 aliphatic rings. The molecule has 0 aliphatic carbocycles. The molecule has 0 amide bonds. The van der Waals surface area contributed by atoms with Gasteiger partial charge >= 0.3 is 0 Å². The van der Waals surface area contributed by atoms with Gasteiger partial charge in [0.2, 0.25) is 0 Å². The topological polar surface area (TPSA) is 30.5 Å². The molecule has 1 atom stereocenters. The first-order chi connectivity index (χ1) is 10.1. The zero-order chi connectivity index (χ0) is 15.7. The van der Waals surface area contributed by atoms with E-state index in [1.807, 2.05) is 37.3 Å². The maximum atomic E-state index is 6.00. The van der Waals surface area contributed by atoms with Gasteiger partial charge in [0, 0.05) is 12.6 Å². The molecule has 3 heteroatoms. The monoisotopic (exact) mass is 291 g/mol. The summed E-state index contributed by atoms with van der Waals surface area (Å²) < 4.78 is 11.4. The Morgan fingerprint density at radius 2 is 1.90 bits per heavy atom. The number of rotatable bonds is 9. The minimum Gasteiger partial charge on any atom is -0.493 e. The molecule has 0 spiro atoms. The fourth-order valence-electron chi connectivity index (χ4n) is 2.25. The van der Waals surface area contributed by atoms with Crippen molar-refractivity contribution in [1.82, 2.24) is 5.32 Å². The first-order valence-corrected chi connectivity index (χ1v) is 7.85. The van der Waals surface area contributed by atoms with E-state index in [9.17, 15) is 0 Å². The third kappa shape index (κ3) is 5.80. The molecule has 0 bridgehead atoms. The highest BCUT2D eigenvalue weighted by molar-refractivity contribution is 5.55. The van der Waals surface area contributed by atoms with Gasteiger partial charge in [-0.25, -0.2) is 0 Å². The van der Waals surface area contributed by atoms with E-state index in [-0.39, 0.29) is 6.10 Å². The van der Waals surface area contributed by atoms with Crippen LogP contribution in [-0.2, 0) is 0 Å². The normalized spacial score (nSPS) is 12.9. The van der Waals surface area contributed by atoms with E-state index in [1.165, 1.54) is 0 Å². The molecular formula is C18H29NO2. The van der Waals surface area contributed by atoms with E-state index in [0.717, 1.165) is 36.4 Å². The van der Waals surface area contributed by atoms with E-state index in [0.29, 0.717) is 6.04 Å². The molecule has 0 aliphatic heterocycles. The zero-order valence-corrected chi connectivity index (χ0v) is 14.0. The van der Waals surface area contributed by atoms with Gasteiger partial charge in [-0.05, 0) is 44.4 Å². The van der Waals surface area contributed by atoms with Crippen LogP contribution < -0.4 is 14.8 Å². The molecule has 1 aromatic carbocycles. The van der Waals surface area contributed by atoms with Crippen molar-refractivity contribution in [3.8, 4) is 11.5 Å². The summed E-state index contributed by atoms with van der Waals surface area (Å²) in [5.41, 5.74) is 1.12. The quantitative estimate of drug-likeness (QED) is 0.737. The van der Waals surface area contributed by atoms with Crippen LogP contribution in [0.5, 0.6) is 11.5 Å². The summed E-state index contributed by atoms with van der Waals surface area (Å²) in [5.74, 6) is 1.57. The molecule has 0 saturated carbocycles. The van der Waals surface area contributed by atoms with E-state index >= 15 is 0 Å². The maximum Gasteiger partial charge on any atom is 0.161 e. The van der Waals surface area contributed by atoms with Crippen LogP contribution in [0, 0.1) is 0 Å². The number of benzene rings is 1. The molecule has 3 nitrogen and oxygen atoms in total. The summed E-state index contributed by atoms with van der Waals surface area (Å²) in [7, 11) is 1.68. The van der Waals surface area contributed by atoms with Gasteiger partial charge in [0.1, 0.15) is 6.10 Å². The highest BCUT2D eigenvalue weighted by Crippen LogP contribution is 2.29. The number of allylic oxidation sites excluding steroid dienone is 1. The van der Waals surface area contributed by atoms with Crippen LogP contribution in [0.25, 0.3) is 6.08 Å². The van der Waals surface area contributed by atoms with Crippen LogP contribution >= 0.6 is 0 Å². The summed E-state index contributed by atoms with van der Waals surface area (Å²) in [6, 6.07) is 6.58. The molecule has 0 radical (unpaired) electrons. The van der Waals surface area contributed by atoms with E-state index in [4.69, 9.17) is 9.47 Å². The fraction of sp³-hybridized carbons (Fsp3) is 0.556. The second-order valence-electron chi connectivity index (χ2n) is 5.26. The van der Waals surface area contributed by atoms with Gasteiger partial charge in [0.15, 0.2) is 11.5 Å². The van der Waals surface area contributed by atoms with Gasteiger partial charge < -0.3 is 14.8 Å². The molecular weight excluding hydrogens is 262 g/mol. The number of hydrogen-bond donors (Lipinski definition) is 1. The lowest BCUT2D eigenvalue weighted by atomic mass is 10.1. The number of ether oxygens (including phenoxy) is 2. The van der Waals surface area contributed by atoms with Crippen LogP contribution in [0.3, 0.4) is 0 Å². The van der Waals surface area contributed by atoms with E-state index in [2.05, 4.69) is 26.1 Å². The predicted molar refractivity (Wildman–Crippen MR) is 90.2 cm³/mol. The number of nitrogens with one attached hydrogen (secondary N) is 1. The molecule has 0 heterocycles. The van der Waals surface area contributed by atoms with Gasteiger partial charge in [0.25, 0.3) is 0 Å². The molecule has 21 heavy (non-hydrogen) atoms. The lowest BCUT2D eigenvalue weighted by Gasteiger charge is -2.21. The Balaban J connectivity index is 2.64. The first kappa shape index (κ1) is 17.6. The smallest absolute Gasteiger partial charge is 0.161 e. The van der Waals surface area contributed by atoms with Crippen molar-refractivity contribution in [3.05, 3.63) is 29.8 Å². The Hall–Kier alpha value is -1.48. The van der Waals surface area contributed by atoms with Crippen LogP contribution in [-0.4, -0.2) is 25.8 Å². The average molecular weight is 291 g/mol. The van der Waals surface area contributed by atoms with Crippen LogP contribution in [0.1, 0.15) is 46.1 Å². The summed E-state index contributed by atoms with van der Waals surface area (Å²) in [4.78, 5) is 0. The van der Waals surface area contributed by atoms with Crippen molar-refractivity contribution in [3.63, 3.8) is 0 Å². The van der Waals surface area contributed by atoms with Crippen LogP contribution in [0.2, 0.25) is 0 Å². The Labute approximate surface area is 129 Å². The van der Waals surface area contributed by atoms with Crippen molar-refractivity contribution >= 4 is 6.08 Å². The second kappa shape index (κ2) is 9.46. The standard InChI is InChI=1S/C18H29NO2/c1-6-9-15-10-11-17(18(12-15)20-5)21-14(4)13-19-16(7-2)8-3/h6,9-12,14,16,19H,7-8,13H2,1-5H3. The summed E-state index contributed by atoms with van der Waals surface area (Å²) >= 11 is 0. The minimum absolute atomic E-state index is 0.104. The fourth-order valence-corrected chi connectivity index (χ4v) is 2.25. The third-order valence-corrected chi connectivity index (χ3v) is 3.55. The summed E-state index contributed by atoms with van der Waals surface area (Å²) in [6.45, 7) is 9.33. The Bertz CT molecular complexity index is 439. The van der Waals surface area contributed by atoms with Gasteiger partial charge in [0.05, 0.1) is 7.11 Å². The van der Waals surface area contributed by atoms with Crippen LogP contribution in [0.4, 0.5) is 0 Å². The van der Waals surface area contributed by atoms with E-state index < -0.39 is 0 Å². The van der Waals surface area contributed by atoms with Gasteiger partial charge in [-0.15, -0.1) is 0 Å². The van der Waals surface area contributed by atoms with Crippen molar-refractivity contribution < 1.29 is 9.47 Å². The van der Waals surface area contributed by atoms with Gasteiger partial charge in [-0.1, -0.05) is 32.1 Å². The largest absolute Gasteiger partial charge is 0.493 e. The summed E-state index contributed by atoms with van der Waals surface area (Å²) in [5, 5.41) is 3.53. The molecule has 118 valence electrons. The Morgan fingerprint density at radius 1 is 1.19 bits per heavy atom. The highest BCUT2D eigenvalue weighted by Gasteiger charge is 2.11. The van der Waals surface area contributed by atoms with Crippen molar-refractivity contribution in [1.29, 1.82) is 0 Å². The molecule has 1 unspecified atom stereocenters. The molecule has 0 saturated heterocycles. The third-order valence-electron chi connectivity index (χ3n) is 3.55. The lowest BCUT2D eigenvalue weighted by molar-refractivity contribution is 0.201. The highest BCUT2D eigenvalue weighted by atomic mass is 16.5. The predicted octanol–water partition coefficient (Wildman–Crippen LogP) is 4.27.